The molecule has 1 aliphatic carbocycles. The van der Waals surface area contributed by atoms with Gasteiger partial charge in [-0.05, 0) is 18.8 Å². The number of hydrogen-bond donors (Lipinski definition) is 2. The van der Waals surface area contributed by atoms with Crippen LogP contribution in [0, 0.1) is 5.92 Å². The Balaban J connectivity index is 2.10. The van der Waals surface area contributed by atoms with Crippen molar-refractivity contribution < 1.29 is 0 Å². The Morgan fingerprint density at radius 3 is 2.50 bits per heavy atom. The van der Waals surface area contributed by atoms with Crippen molar-refractivity contribution in [3.05, 3.63) is 0 Å². The molecule has 3 N–H and O–H groups in total. The minimum atomic E-state index is 0.356. The van der Waals surface area contributed by atoms with E-state index in [9.17, 15) is 0 Å². The highest BCUT2D eigenvalue weighted by Crippen LogP contribution is 2.34. The quantitative estimate of drug-likeness (QED) is 0.529. The molecule has 0 radical (unpaired) electrons. The number of hydrogen-bond acceptors (Lipinski definition) is 3. The maximum atomic E-state index is 5.55. The van der Waals surface area contributed by atoms with E-state index >= 15 is 0 Å². The van der Waals surface area contributed by atoms with Crippen molar-refractivity contribution in [1.29, 1.82) is 0 Å². The van der Waals surface area contributed by atoms with Crippen LogP contribution in [-0.4, -0.2) is 16.5 Å². The van der Waals surface area contributed by atoms with Gasteiger partial charge in [0.1, 0.15) is 0 Å². The topological polar surface area (TPSA) is 38.0 Å². The molecule has 14 heavy (non-hydrogen) atoms. The van der Waals surface area contributed by atoms with Gasteiger partial charge >= 0.3 is 0 Å². The van der Waals surface area contributed by atoms with Gasteiger partial charge in [-0.25, -0.2) is 0 Å². The molecule has 0 bridgehead atoms. The summed E-state index contributed by atoms with van der Waals surface area (Å²) in [7, 11) is 0. The third kappa shape index (κ3) is 5.89. The predicted octanol–water partition coefficient (Wildman–Crippen LogP) is 2.54. The van der Waals surface area contributed by atoms with Gasteiger partial charge in [0.05, 0.1) is 0 Å². The van der Waals surface area contributed by atoms with Crippen molar-refractivity contribution >= 4 is 11.8 Å². The summed E-state index contributed by atoms with van der Waals surface area (Å²) >= 11 is 2.00. The fourth-order valence-electron chi connectivity index (χ4n) is 1.41. The molecule has 3 heteroatoms. The second-order valence-electron chi connectivity index (χ2n) is 5.31. The van der Waals surface area contributed by atoms with E-state index < -0.39 is 0 Å². The van der Waals surface area contributed by atoms with Gasteiger partial charge in [-0.3, -0.25) is 11.3 Å². The number of rotatable bonds is 6. The van der Waals surface area contributed by atoms with Crippen molar-refractivity contribution in [3.63, 3.8) is 0 Å². The lowest BCUT2D eigenvalue weighted by atomic mass is 10.1. The smallest absolute Gasteiger partial charge is 0.0301 e. The first-order valence-corrected chi connectivity index (χ1v) is 6.60. The van der Waals surface area contributed by atoms with Gasteiger partial charge in [-0.1, -0.05) is 33.6 Å². The summed E-state index contributed by atoms with van der Waals surface area (Å²) in [5, 5.41) is 0. The Morgan fingerprint density at radius 2 is 2.07 bits per heavy atom. The summed E-state index contributed by atoms with van der Waals surface area (Å²) < 4.78 is 0.356. The molecule has 1 rings (SSSR count). The van der Waals surface area contributed by atoms with E-state index in [0.717, 1.165) is 11.7 Å². The fraction of sp³-hybridized carbons (Fsp3) is 1.00. The molecule has 0 aliphatic heterocycles. The number of nitrogens with one attached hydrogen (secondary N) is 1. The van der Waals surface area contributed by atoms with Crippen molar-refractivity contribution in [1.82, 2.24) is 5.43 Å². The molecule has 0 aromatic rings. The van der Waals surface area contributed by atoms with E-state index in [1.54, 1.807) is 0 Å². The van der Waals surface area contributed by atoms with Gasteiger partial charge in [-0.15, -0.1) is 0 Å². The molecule has 0 heterocycles. The molecule has 0 spiro atoms. The van der Waals surface area contributed by atoms with E-state index in [-0.39, 0.29) is 0 Å². The monoisotopic (exact) mass is 216 g/mol. The molecule has 0 amide bonds. The van der Waals surface area contributed by atoms with Crippen LogP contribution in [0.4, 0.5) is 0 Å². The molecular formula is C11H24N2S. The Morgan fingerprint density at radius 1 is 1.43 bits per heavy atom. The van der Waals surface area contributed by atoms with Gasteiger partial charge in [0.25, 0.3) is 0 Å². The standard InChI is InChI=1S/C11H24N2S/c1-11(2,3)14-8-10(13-12)7-6-9-4-5-9/h9-10,13H,4-8,12H2,1-3H3. The highest BCUT2D eigenvalue weighted by atomic mass is 32.2. The van der Waals surface area contributed by atoms with Crippen LogP contribution in [0.15, 0.2) is 0 Å². The van der Waals surface area contributed by atoms with Gasteiger partial charge in [0, 0.05) is 16.5 Å². The van der Waals surface area contributed by atoms with E-state index in [1.165, 1.54) is 25.7 Å². The summed E-state index contributed by atoms with van der Waals surface area (Å²) in [6.45, 7) is 6.77. The molecule has 0 aromatic heterocycles. The number of nitrogens with two attached hydrogens (primary N) is 1. The lowest BCUT2D eigenvalue weighted by molar-refractivity contribution is 0.500. The molecule has 1 unspecified atom stereocenters. The minimum Gasteiger partial charge on any atom is -0.271 e. The molecule has 84 valence electrons. The fourth-order valence-corrected chi connectivity index (χ4v) is 2.37. The van der Waals surface area contributed by atoms with E-state index in [4.69, 9.17) is 5.84 Å². The van der Waals surface area contributed by atoms with Crippen LogP contribution in [0.2, 0.25) is 0 Å². The second kappa shape index (κ2) is 5.38. The maximum Gasteiger partial charge on any atom is 0.0301 e. The van der Waals surface area contributed by atoms with Crippen molar-refractivity contribution in [2.75, 3.05) is 5.75 Å². The van der Waals surface area contributed by atoms with E-state index in [0.29, 0.717) is 10.8 Å². The molecule has 0 aromatic carbocycles. The molecule has 0 saturated heterocycles. The largest absolute Gasteiger partial charge is 0.271 e. The second-order valence-corrected chi connectivity index (χ2v) is 7.15. The zero-order valence-corrected chi connectivity index (χ0v) is 10.5. The molecule has 1 saturated carbocycles. The van der Waals surface area contributed by atoms with Crippen LogP contribution in [0.1, 0.15) is 46.5 Å². The Hall–Kier alpha value is 0.270. The first-order chi connectivity index (χ1) is 6.51. The molecule has 1 aliphatic rings. The lowest BCUT2D eigenvalue weighted by Gasteiger charge is -2.22. The molecule has 2 nitrogen and oxygen atoms in total. The van der Waals surface area contributed by atoms with E-state index in [2.05, 4.69) is 26.2 Å². The lowest BCUT2D eigenvalue weighted by Crippen LogP contribution is -2.37. The third-order valence-corrected chi connectivity index (χ3v) is 4.01. The normalized spacial score (nSPS) is 19.7. The minimum absolute atomic E-state index is 0.356. The summed E-state index contributed by atoms with van der Waals surface area (Å²) in [4.78, 5) is 0. The first-order valence-electron chi connectivity index (χ1n) is 5.61. The molecule has 1 fully saturated rings. The summed E-state index contributed by atoms with van der Waals surface area (Å²) in [6.07, 6.45) is 5.50. The maximum absolute atomic E-state index is 5.55. The zero-order valence-electron chi connectivity index (χ0n) is 9.68. The summed E-state index contributed by atoms with van der Waals surface area (Å²) in [6, 6.07) is 0.500. The number of hydrazine groups is 1. The van der Waals surface area contributed by atoms with Crippen LogP contribution in [0.25, 0.3) is 0 Å². The Kier molecular flexibility index (Phi) is 4.74. The number of thioether (sulfide) groups is 1. The van der Waals surface area contributed by atoms with Crippen LogP contribution < -0.4 is 11.3 Å². The van der Waals surface area contributed by atoms with E-state index in [1.807, 2.05) is 11.8 Å². The van der Waals surface area contributed by atoms with Gasteiger partial charge in [0.2, 0.25) is 0 Å². The average Bonchev–Trinajstić information content (AvgIpc) is 2.86. The Labute approximate surface area is 92.4 Å². The van der Waals surface area contributed by atoms with Crippen LogP contribution in [-0.2, 0) is 0 Å². The zero-order chi connectivity index (χ0) is 10.6. The summed E-state index contributed by atoms with van der Waals surface area (Å²) in [5.41, 5.74) is 2.94. The van der Waals surface area contributed by atoms with Crippen LogP contribution >= 0.6 is 11.8 Å². The van der Waals surface area contributed by atoms with Crippen LogP contribution in [0.3, 0.4) is 0 Å². The van der Waals surface area contributed by atoms with Gasteiger partial charge in [-0.2, -0.15) is 11.8 Å². The Bertz CT molecular complexity index is 161. The van der Waals surface area contributed by atoms with Crippen molar-refractivity contribution in [2.45, 2.75) is 57.2 Å². The molecular weight excluding hydrogens is 192 g/mol. The average molecular weight is 216 g/mol. The SMILES string of the molecule is CC(C)(C)SCC(CCC1CC1)NN. The van der Waals surface area contributed by atoms with Crippen molar-refractivity contribution in [2.24, 2.45) is 11.8 Å². The van der Waals surface area contributed by atoms with Gasteiger partial charge < -0.3 is 0 Å². The first kappa shape index (κ1) is 12.3. The van der Waals surface area contributed by atoms with Crippen molar-refractivity contribution in [3.8, 4) is 0 Å². The van der Waals surface area contributed by atoms with Crippen LogP contribution in [0.5, 0.6) is 0 Å². The van der Waals surface area contributed by atoms with Gasteiger partial charge in [0.15, 0.2) is 0 Å². The summed E-state index contributed by atoms with van der Waals surface area (Å²) in [5.74, 6) is 7.70. The highest BCUT2D eigenvalue weighted by Gasteiger charge is 2.23. The highest BCUT2D eigenvalue weighted by molar-refractivity contribution is 8.00. The predicted molar refractivity (Wildman–Crippen MR) is 65.3 cm³/mol. The molecule has 1 atom stereocenters. The third-order valence-electron chi connectivity index (χ3n) is 2.57.